The Hall–Kier alpha value is -1.69. The Labute approximate surface area is 199 Å². The van der Waals surface area contributed by atoms with Crippen molar-refractivity contribution in [1.82, 2.24) is 14.5 Å². The third kappa shape index (κ3) is 6.10. The van der Waals surface area contributed by atoms with Crippen LogP contribution >= 0.6 is 0 Å². The van der Waals surface area contributed by atoms with Gasteiger partial charge in [0.2, 0.25) is 15.9 Å². The first-order chi connectivity index (χ1) is 15.9. The number of nitrogens with zero attached hydrogens (tertiary/aromatic N) is 2. The highest BCUT2D eigenvalue weighted by Crippen LogP contribution is 2.34. The van der Waals surface area contributed by atoms with E-state index in [0.717, 1.165) is 12.1 Å². The smallest absolute Gasteiger partial charge is 0.380 e. The van der Waals surface area contributed by atoms with Crippen LogP contribution < -0.4 is 5.32 Å². The van der Waals surface area contributed by atoms with Crippen molar-refractivity contribution in [3.05, 3.63) is 29.8 Å². The van der Waals surface area contributed by atoms with Gasteiger partial charge in [-0.15, -0.1) is 0 Å². The zero-order chi connectivity index (χ0) is 25.1. The molecule has 1 N–H and O–H groups in total. The molecule has 3 rings (SSSR count). The molecule has 2 unspecified atom stereocenters. The van der Waals surface area contributed by atoms with E-state index < -0.39 is 33.8 Å². The molecule has 0 aliphatic carbocycles. The van der Waals surface area contributed by atoms with Crippen LogP contribution in [0.1, 0.15) is 45.1 Å². The van der Waals surface area contributed by atoms with Gasteiger partial charge in [-0.1, -0.05) is 19.9 Å². The summed E-state index contributed by atoms with van der Waals surface area (Å²) in [6.45, 7) is 5.47. The summed E-state index contributed by atoms with van der Waals surface area (Å²) in [6, 6.07) is 2.71. The number of hydrogen-bond acceptors (Lipinski definition) is 5. The predicted octanol–water partition coefficient (Wildman–Crippen LogP) is 3.11. The van der Waals surface area contributed by atoms with E-state index >= 15 is 0 Å². The highest BCUT2D eigenvalue weighted by atomic mass is 32.2. The summed E-state index contributed by atoms with van der Waals surface area (Å²) in [6.07, 6.45) is -2.63. The van der Waals surface area contributed by atoms with E-state index in [9.17, 15) is 26.4 Å². The van der Waals surface area contributed by atoms with Crippen LogP contribution in [0.25, 0.3) is 0 Å². The molecular formula is C23H34F3N3O4S. The van der Waals surface area contributed by atoms with Crippen molar-refractivity contribution < 1.29 is 31.1 Å². The van der Waals surface area contributed by atoms with E-state index in [2.05, 4.69) is 5.32 Å². The first-order valence-electron chi connectivity index (χ1n) is 11.7. The highest BCUT2D eigenvalue weighted by molar-refractivity contribution is 7.89. The molecule has 2 aliphatic rings. The van der Waals surface area contributed by atoms with Crippen molar-refractivity contribution in [2.24, 2.45) is 5.92 Å². The lowest BCUT2D eigenvalue weighted by Gasteiger charge is -2.41. The average molecular weight is 506 g/mol. The van der Waals surface area contributed by atoms with Gasteiger partial charge in [0.25, 0.3) is 0 Å². The summed E-state index contributed by atoms with van der Waals surface area (Å²) in [5.41, 5.74) is -1.00. The summed E-state index contributed by atoms with van der Waals surface area (Å²) < 4.78 is 73.7. The minimum atomic E-state index is -4.64. The van der Waals surface area contributed by atoms with E-state index in [1.54, 1.807) is 11.9 Å². The van der Waals surface area contributed by atoms with Crippen LogP contribution in [0.5, 0.6) is 0 Å². The number of piperidine rings is 1. The SMILES string of the molecule is CNC(CC(C)C)C(=O)N1CCC(N(C2CCOC2)S(=O)(=O)c2cccc(C(F)(F)F)c2)CC1. The minimum Gasteiger partial charge on any atom is -0.380 e. The van der Waals surface area contributed by atoms with Crippen LogP contribution in [0.4, 0.5) is 13.2 Å². The topological polar surface area (TPSA) is 79.0 Å². The molecule has 1 aromatic rings. The van der Waals surface area contributed by atoms with Crippen LogP contribution in [0.15, 0.2) is 29.2 Å². The standard InChI is InChI=1S/C23H34F3N3O4S/c1-16(2)13-21(27-3)22(30)28-10-7-18(8-11-28)29(19-9-12-33-15-19)34(31,32)20-6-4-5-17(14-20)23(24,25)26/h4-6,14,16,18-19,21,27H,7-13,15H2,1-3H3. The van der Waals surface area contributed by atoms with Gasteiger partial charge in [0, 0.05) is 25.7 Å². The highest BCUT2D eigenvalue weighted by Gasteiger charge is 2.42. The summed E-state index contributed by atoms with van der Waals surface area (Å²) >= 11 is 0. The van der Waals surface area contributed by atoms with Gasteiger partial charge in [-0.05, 0) is 56.8 Å². The molecule has 11 heteroatoms. The fourth-order valence-electron chi connectivity index (χ4n) is 4.74. The number of ether oxygens (including phenoxy) is 1. The third-order valence-electron chi connectivity index (χ3n) is 6.49. The van der Waals surface area contributed by atoms with Crippen LogP contribution in [0, 0.1) is 5.92 Å². The number of likely N-dealkylation sites (N-methyl/N-ethyl adjacent to an activating group) is 1. The number of halogens is 3. The maximum absolute atomic E-state index is 13.6. The number of rotatable bonds is 8. The molecule has 192 valence electrons. The number of carbonyl (C=O) groups excluding carboxylic acids is 1. The molecule has 2 saturated heterocycles. The van der Waals surface area contributed by atoms with E-state index in [1.165, 1.54) is 10.4 Å². The van der Waals surface area contributed by atoms with Crippen molar-refractivity contribution in [3.8, 4) is 0 Å². The first-order valence-corrected chi connectivity index (χ1v) is 13.1. The van der Waals surface area contributed by atoms with Crippen LogP contribution in [0.3, 0.4) is 0 Å². The van der Waals surface area contributed by atoms with Crippen molar-refractivity contribution in [3.63, 3.8) is 0 Å². The molecule has 2 heterocycles. The fourth-order valence-corrected chi connectivity index (χ4v) is 6.67. The molecule has 1 aromatic carbocycles. The summed E-state index contributed by atoms with van der Waals surface area (Å²) in [7, 11) is -2.45. The summed E-state index contributed by atoms with van der Waals surface area (Å²) in [5, 5.41) is 3.07. The number of alkyl halides is 3. The Balaban J connectivity index is 1.81. The van der Waals surface area contributed by atoms with Crippen LogP contribution in [-0.4, -0.2) is 75.0 Å². The number of benzene rings is 1. The largest absolute Gasteiger partial charge is 0.416 e. The molecular weight excluding hydrogens is 471 g/mol. The van der Waals surface area contributed by atoms with Gasteiger partial charge in [0.05, 0.1) is 29.1 Å². The number of likely N-dealkylation sites (tertiary alicyclic amines) is 1. The van der Waals surface area contributed by atoms with Gasteiger partial charge < -0.3 is 15.0 Å². The van der Waals surface area contributed by atoms with Crippen molar-refractivity contribution in [2.75, 3.05) is 33.4 Å². The second-order valence-corrected chi connectivity index (χ2v) is 11.2. The van der Waals surface area contributed by atoms with Crippen molar-refractivity contribution in [2.45, 2.75) is 68.7 Å². The van der Waals surface area contributed by atoms with Gasteiger partial charge in [0.1, 0.15) is 0 Å². The molecule has 0 radical (unpaired) electrons. The molecule has 0 aromatic heterocycles. The summed E-state index contributed by atoms with van der Waals surface area (Å²) in [5.74, 6) is 0.334. The van der Waals surface area contributed by atoms with Crippen LogP contribution in [-0.2, 0) is 25.7 Å². The lowest BCUT2D eigenvalue weighted by molar-refractivity contribution is -0.137. The molecule has 7 nitrogen and oxygen atoms in total. The number of carbonyl (C=O) groups is 1. The molecule has 2 atom stereocenters. The Bertz CT molecular complexity index is 941. The molecule has 34 heavy (non-hydrogen) atoms. The monoisotopic (exact) mass is 505 g/mol. The minimum absolute atomic E-state index is 0.00821. The van der Waals surface area contributed by atoms with Crippen molar-refractivity contribution in [1.29, 1.82) is 0 Å². The van der Waals surface area contributed by atoms with Gasteiger partial charge in [-0.3, -0.25) is 4.79 Å². The lowest BCUT2D eigenvalue weighted by atomic mass is 9.99. The third-order valence-corrected chi connectivity index (χ3v) is 8.49. The van der Waals surface area contributed by atoms with E-state index in [0.29, 0.717) is 57.4 Å². The maximum Gasteiger partial charge on any atom is 0.416 e. The number of sulfonamides is 1. The van der Waals surface area contributed by atoms with E-state index in [-0.39, 0.29) is 23.5 Å². The van der Waals surface area contributed by atoms with Crippen molar-refractivity contribution >= 4 is 15.9 Å². The number of amides is 1. The second-order valence-electron chi connectivity index (χ2n) is 9.41. The zero-order valence-electron chi connectivity index (χ0n) is 19.8. The Morgan fingerprint density at radius 1 is 1.21 bits per heavy atom. The quantitative estimate of drug-likeness (QED) is 0.588. The van der Waals surface area contributed by atoms with Crippen LogP contribution in [0.2, 0.25) is 0 Å². The average Bonchev–Trinajstić information content (AvgIpc) is 3.31. The van der Waals surface area contributed by atoms with Gasteiger partial charge >= 0.3 is 6.18 Å². The predicted molar refractivity (Wildman–Crippen MR) is 122 cm³/mol. The maximum atomic E-state index is 13.6. The number of hydrogen-bond donors (Lipinski definition) is 1. The molecule has 2 aliphatic heterocycles. The Morgan fingerprint density at radius 2 is 1.88 bits per heavy atom. The van der Waals surface area contributed by atoms with Gasteiger partial charge in [0.15, 0.2) is 0 Å². The molecule has 0 bridgehead atoms. The Kier molecular flexibility index (Phi) is 8.65. The number of nitrogens with one attached hydrogen (secondary N) is 1. The van der Waals surface area contributed by atoms with Gasteiger partial charge in [-0.25, -0.2) is 8.42 Å². The molecule has 1 amide bonds. The van der Waals surface area contributed by atoms with Gasteiger partial charge in [-0.2, -0.15) is 17.5 Å². The normalized spacial score (nSPS) is 21.4. The summed E-state index contributed by atoms with van der Waals surface area (Å²) in [4.78, 5) is 14.3. The molecule has 0 spiro atoms. The lowest BCUT2D eigenvalue weighted by Crippen LogP contribution is -2.55. The fraction of sp³-hybridized carbons (Fsp3) is 0.696. The molecule has 0 saturated carbocycles. The van der Waals surface area contributed by atoms with E-state index in [1.807, 2.05) is 13.8 Å². The molecule has 2 fully saturated rings. The Morgan fingerprint density at radius 3 is 2.41 bits per heavy atom. The first kappa shape index (κ1) is 26.9. The second kappa shape index (κ2) is 10.9. The van der Waals surface area contributed by atoms with E-state index in [4.69, 9.17) is 4.74 Å². The zero-order valence-corrected chi connectivity index (χ0v) is 20.7.